The first-order valence-electron chi connectivity index (χ1n) is 6.49. The number of ether oxygens (including phenoxy) is 1. The standard InChI is InChI=1S/C15H16N2O5S/c1-9(2)15(19)22-8-11-6-12(17(20)21)5-10(7-18)13(11)14(23)16(3)4/h5-7H,1,8H2,2-4H3. The maximum Gasteiger partial charge on any atom is 0.333 e. The molecule has 0 fully saturated rings. The van der Waals surface area contributed by atoms with Gasteiger partial charge in [0.05, 0.1) is 4.92 Å². The second-order valence-electron chi connectivity index (χ2n) is 5.00. The monoisotopic (exact) mass is 336 g/mol. The van der Waals surface area contributed by atoms with Crippen molar-refractivity contribution >= 4 is 35.1 Å². The highest BCUT2D eigenvalue weighted by Crippen LogP contribution is 2.24. The largest absolute Gasteiger partial charge is 0.457 e. The van der Waals surface area contributed by atoms with Gasteiger partial charge in [0.25, 0.3) is 5.69 Å². The topological polar surface area (TPSA) is 89.7 Å². The van der Waals surface area contributed by atoms with E-state index in [4.69, 9.17) is 17.0 Å². The quantitative estimate of drug-likeness (QED) is 0.196. The van der Waals surface area contributed by atoms with E-state index < -0.39 is 10.9 Å². The number of thiocarbonyl (C=S) groups is 1. The zero-order valence-electron chi connectivity index (χ0n) is 13.0. The summed E-state index contributed by atoms with van der Waals surface area (Å²) in [6, 6.07) is 2.38. The van der Waals surface area contributed by atoms with Gasteiger partial charge in [-0.1, -0.05) is 18.8 Å². The molecule has 1 aromatic carbocycles. The Bertz CT molecular complexity index is 697. The molecule has 0 aromatic heterocycles. The van der Waals surface area contributed by atoms with Crippen molar-refractivity contribution in [2.75, 3.05) is 14.1 Å². The molecule has 0 heterocycles. The van der Waals surface area contributed by atoms with Crippen LogP contribution in [0.1, 0.15) is 28.4 Å². The Labute approximate surface area is 138 Å². The van der Waals surface area contributed by atoms with Crippen LogP contribution in [0.25, 0.3) is 0 Å². The van der Waals surface area contributed by atoms with Gasteiger partial charge >= 0.3 is 5.97 Å². The number of non-ortho nitro benzene ring substituents is 1. The number of nitro benzene ring substituents is 1. The Kier molecular flexibility index (Phi) is 6.09. The number of benzene rings is 1. The Morgan fingerprint density at radius 3 is 2.52 bits per heavy atom. The molecular weight excluding hydrogens is 320 g/mol. The van der Waals surface area contributed by atoms with E-state index in [2.05, 4.69) is 6.58 Å². The molecule has 0 amide bonds. The van der Waals surface area contributed by atoms with Crippen LogP contribution in [0.3, 0.4) is 0 Å². The minimum Gasteiger partial charge on any atom is -0.457 e. The smallest absolute Gasteiger partial charge is 0.333 e. The molecule has 1 rings (SSSR count). The van der Waals surface area contributed by atoms with E-state index in [1.807, 2.05) is 0 Å². The van der Waals surface area contributed by atoms with Crippen molar-refractivity contribution in [2.24, 2.45) is 0 Å². The Hall–Kier alpha value is -2.61. The Morgan fingerprint density at radius 2 is 2.09 bits per heavy atom. The van der Waals surface area contributed by atoms with Crippen LogP contribution < -0.4 is 0 Å². The predicted octanol–water partition coefficient (Wildman–Crippen LogP) is 2.26. The fourth-order valence-electron chi connectivity index (χ4n) is 1.77. The molecule has 122 valence electrons. The molecule has 0 spiro atoms. The fourth-order valence-corrected chi connectivity index (χ4v) is 2.02. The van der Waals surface area contributed by atoms with Crippen molar-refractivity contribution in [3.8, 4) is 0 Å². The van der Waals surface area contributed by atoms with Crippen molar-refractivity contribution in [2.45, 2.75) is 13.5 Å². The first-order valence-corrected chi connectivity index (χ1v) is 6.90. The van der Waals surface area contributed by atoms with E-state index in [0.717, 1.165) is 6.07 Å². The summed E-state index contributed by atoms with van der Waals surface area (Å²) in [6.07, 6.45) is 0.488. The van der Waals surface area contributed by atoms with Gasteiger partial charge in [-0.25, -0.2) is 4.79 Å². The number of nitrogens with zero attached hydrogens (tertiary/aromatic N) is 2. The molecule has 1 aromatic rings. The third-order valence-electron chi connectivity index (χ3n) is 2.90. The van der Waals surface area contributed by atoms with Gasteiger partial charge in [-0.05, 0) is 6.92 Å². The third-order valence-corrected chi connectivity index (χ3v) is 3.47. The van der Waals surface area contributed by atoms with Crippen LogP contribution >= 0.6 is 12.2 Å². The second-order valence-corrected chi connectivity index (χ2v) is 5.39. The van der Waals surface area contributed by atoms with E-state index in [9.17, 15) is 19.7 Å². The average Bonchev–Trinajstić information content (AvgIpc) is 2.50. The summed E-state index contributed by atoms with van der Waals surface area (Å²) >= 11 is 5.27. The average molecular weight is 336 g/mol. The maximum absolute atomic E-state index is 11.5. The fraction of sp³-hybridized carbons (Fsp3) is 0.267. The highest BCUT2D eigenvalue weighted by atomic mass is 32.1. The van der Waals surface area contributed by atoms with Crippen LogP contribution in [0.2, 0.25) is 0 Å². The number of hydrogen-bond acceptors (Lipinski definition) is 6. The van der Waals surface area contributed by atoms with Gasteiger partial charge in [-0.3, -0.25) is 14.9 Å². The highest BCUT2D eigenvalue weighted by molar-refractivity contribution is 7.80. The van der Waals surface area contributed by atoms with Gasteiger partial charge in [0, 0.05) is 48.5 Å². The van der Waals surface area contributed by atoms with E-state index in [-0.39, 0.29) is 29.0 Å². The maximum atomic E-state index is 11.5. The van der Waals surface area contributed by atoms with E-state index >= 15 is 0 Å². The molecule has 0 aliphatic rings. The summed E-state index contributed by atoms with van der Waals surface area (Å²) in [6.45, 7) is 4.69. The second kappa shape index (κ2) is 7.59. The third kappa shape index (κ3) is 4.43. The van der Waals surface area contributed by atoms with Crippen LogP contribution in [-0.2, 0) is 16.1 Å². The number of aldehydes is 1. The molecule has 0 saturated carbocycles. The van der Waals surface area contributed by atoms with E-state index in [0.29, 0.717) is 16.8 Å². The molecule has 23 heavy (non-hydrogen) atoms. The zero-order valence-corrected chi connectivity index (χ0v) is 13.8. The van der Waals surface area contributed by atoms with Crippen LogP contribution in [0, 0.1) is 10.1 Å². The molecule has 0 radical (unpaired) electrons. The summed E-state index contributed by atoms with van der Waals surface area (Å²) in [4.78, 5) is 35.1. The summed E-state index contributed by atoms with van der Waals surface area (Å²) in [5.41, 5.74) is 0.607. The summed E-state index contributed by atoms with van der Waals surface area (Å²) in [7, 11) is 3.37. The summed E-state index contributed by atoms with van der Waals surface area (Å²) in [5, 5.41) is 11.0. The van der Waals surface area contributed by atoms with Gasteiger partial charge in [-0.2, -0.15) is 0 Å². The number of carbonyl (C=O) groups excluding carboxylic acids is 2. The number of esters is 1. The molecular formula is C15H16N2O5S. The number of carbonyl (C=O) groups is 2. The van der Waals surface area contributed by atoms with Gasteiger partial charge in [0.1, 0.15) is 11.6 Å². The normalized spacial score (nSPS) is 9.87. The van der Waals surface area contributed by atoms with Gasteiger partial charge in [0.2, 0.25) is 0 Å². The van der Waals surface area contributed by atoms with Crippen LogP contribution in [0.4, 0.5) is 5.69 Å². The molecule has 0 saturated heterocycles. The Balaban J connectivity index is 3.42. The van der Waals surface area contributed by atoms with E-state index in [1.165, 1.54) is 13.0 Å². The highest BCUT2D eigenvalue weighted by Gasteiger charge is 2.21. The summed E-state index contributed by atoms with van der Waals surface area (Å²) in [5.74, 6) is -0.633. The number of rotatable bonds is 6. The van der Waals surface area contributed by atoms with Crippen molar-refractivity contribution in [1.29, 1.82) is 0 Å². The lowest BCUT2D eigenvalue weighted by Crippen LogP contribution is -2.24. The lowest BCUT2D eigenvalue weighted by Gasteiger charge is -2.19. The van der Waals surface area contributed by atoms with Crippen LogP contribution in [0.15, 0.2) is 24.3 Å². The first-order chi connectivity index (χ1) is 10.7. The molecule has 0 bridgehead atoms. The van der Waals surface area contributed by atoms with Crippen molar-refractivity contribution in [3.63, 3.8) is 0 Å². The SMILES string of the molecule is C=C(C)C(=O)OCc1cc([N+](=O)[O-])cc(C=O)c1C(=S)N(C)C. The number of hydrogen-bond donors (Lipinski definition) is 0. The van der Waals surface area contributed by atoms with Crippen LogP contribution in [-0.4, -0.2) is 41.2 Å². The van der Waals surface area contributed by atoms with Gasteiger partial charge in [-0.15, -0.1) is 0 Å². The van der Waals surface area contributed by atoms with Crippen LogP contribution in [0.5, 0.6) is 0 Å². The molecule has 8 heteroatoms. The van der Waals surface area contributed by atoms with E-state index in [1.54, 1.807) is 19.0 Å². The van der Waals surface area contributed by atoms with Gasteiger partial charge < -0.3 is 9.64 Å². The Morgan fingerprint density at radius 1 is 1.48 bits per heavy atom. The lowest BCUT2D eigenvalue weighted by molar-refractivity contribution is -0.385. The summed E-state index contributed by atoms with van der Waals surface area (Å²) < 4.78 is 5.04. The molecule has 0 aliphatic carbocycles. The zero-order chi connectivity index (χ0) is 17.7. The lowest BCUT2D eigenvalue weighted by atomic mass is 10.00. The first kappa shape index (κ1) is 18.4. The molecule has 0 unspecified atom stereocenters. The molecule has 0 atom stereocenters. The van der Waals surface area contributed by atoms with Gasteiger partial charge in [0.15, 0.2) is 6.29 Å². The number of nitro groups is 1. The van der Waals surface area contributed by atoms with Crippen molar-refractivity contribution < 1.29 is 19.2 Å². The molecule has 0 aliphatic heterocycles. The predicted molar refractivity (Wildman–Crippen MR) is 88.5 cm³/mol. The minimum atomic E-state index is -0.633. The minimum absolute atomic E-state index is 0.0688. The molecule has 0 N–H and O–H groups in total. The van der Waals surface area contributed by atoms with Crippen molar-refractivity contribution in [1.82, 2.24) is 4.90 Å². The molecule has 7 nitrogen and oxygen atoms in total. The van der Waals surface area contributed by atoms with Crippen molar-refractivity contribution in [3.05, 3.63) is 51.1 Å².